The van der Waals surface area contributed by atoms with Gasteiger partial charge in [0.05, 0.1) is 12.2 Å². The van der Waals surface area contributed by atoms with Gasteiger partial charge in [-0.15, -0.1) is 0 Å². The lowest BCUT2D eigenvalue weighted by Crippen LogP contribution is -2.16. The molecule has 0 spiro atoms. The molecular weight excluding hydrogens is 308 g/mol. The van der Waals surface area contributed by atoms with E-state index in [2.05, 4.69) is 0 Å². The number of hydrogen-bond donors (Lipinski definition) is 0. The Morgan fingerprint density at radius 3 is 1.96 bits per heavy atom. The molecule has 0 radical (unpaired) electrons. The van der Waals surface area contributed by atoms with Crippen molar-refractivity contribution < 1.29 is 23.9 Å². The molecule has 0 unspecified atom stereocenters. The Bertz CT molecular complexity index is 748. The Balaban J connectivity index is 2.24. The van der Waals surface area contributed by atoms with Crippen LogP contribution in [0.1, 0.15) is 27.6 Å². The van der Waals surface area contributed by atoms with Crippen molar-refractivity contribution >= 4 is 17.7 Å². The number of hydrogen-bond acceptors (Lipinski definition) is 5. The summed E-state index contributed by atoms with van der Waals surface area (Å²) in [6.07, 6.45) is 0.966. The van der Waals surface area contributed by atoms with Gasteiger partial charge in [0.25, 0.3) is 0 Å². The van der Waals surface area contributed by atoms with Crippen molar-refractivity contribution in [2.45, 2.75) is 6.92 Å². The maximum absolute atomic E-state index is 12.2. The van der Waals surface area contributed by atoms with Crippen LogP contribution in [0.15, 0.2) is 72.5 Å². The van der Waals surface area contributed by atoms with Crippen molar-refractivity contribution in [3.8, 4) is 0 Å². The Labute approximate surface area is 139 Å². The molecule has 122 valence electrons. The molecule has 0 amide bonds. The van der Waals surface area contributed by atoms with Gasteiger partial charge in [-0.1, -0.05) is 48.5 Å². The van der Waals surface area contributed by atoms with E-state index in [1.165, 1.54) is 0 Å². The van der Waals surface area contributed by atoms with Crippen LogP contribution in [0.25, 0.3) is 0 Å². The normalized spacial score (nSPS) is 10.8. The first kappa shape index (κ1) is 17.1. The molecule has 2 aromatic carbocycles. The second kappa shape index (κ2) is 8.43. The van der Waals surface area contributed by atoms with E-state index in [9.17, 15) is 14.4 Å². The summed E-state index contributed by atoms with van der Waals surface area (Å²) in [5.41, 5.74) is 0.634. The van der Waals surface area contributed by atoms with E-state index in [0.29, 0.717) is 5.56 Å². The number of allylic oxidation sites excluding steroid dienone is 1. The van der Waals surface area contributed by atoms with Gasteiger partial charge in [0, 0.05) is 11.6 Å². The van der Waals surface area contributed by atoms with Gasteiger partial charge in [-0.3, -0.25) is 4.79 Å². The van der Waals surface area contributed by atoms with Crippen molar-refractivity contribution in [1.29, 1.82) is 0 Å². The van der Waals surface area contributed by atoms with Crippen LogP contribution in [0.3, 0.4) is 0 Å². The second-order valence-electron chi connectivity index (χ2n) is 4.71. The lowest BCUT2D eigenvalue weighted by molar-refractivity contribution is -0.141. The van der Waals surface area contributed by atoms with Crippen LogP contribution in [0.5, 0.6) is 0 Å². The summed E-state index contributed by atoms with van der Waals surface area (Å²) in [4.78, 5) is 36.3. The van der Waals surface area contributed by atoms with Gasteiger partial charge in [0.15, 0.2) is 5.78 Å². The fourth-order valence-electron chi connectivity index (χ4n) is 1.87. The minimum absolute atomic E-state index is 0.0958. The molecular formula is C19H16O5. The molecule has 0 saturated heterocycles. The van der Waals surface area contributed by atoms with E-state index in [1.54, 1.807) is 67.6 Å². The number of carbonyl (C=O) groups excluding carboxylic acids is 3. The van der Waals surface area contributed by atoms with Crippen LogP contribution in [0.4, 0.5) is 0 Å². The second-order valence-corrected chi connectivity index (χ2v) is 4.71. The van der Waals surface area contributed by atoms with E-state index in [4.69, 9.17) is 9.47 Å². The third-order valence-electron chi connectivity index (χ3n) is 3.01. The van der Waals surface area contributed by atoms with E-state index < -0.39 is 23.5 Å². The Hall–Kier alpha value is -3.21. The summed E-state index contributed by atoms with van der Waals surface area (Å²) >= 11 is 0. The third kappa shape index (κ3) is 4.64. The van der Waals surface area contributed by atoms with Gasteiger partial charge in [-0.2, -0.15) is 0 Å². The summed E-state index contributed by atoms with van der Waals surface area (Å²) in [6.45, 7) is 1.71. The first-order chi connectivity index (χ1) is 11.6. The van der Waals surface area contributed by atoms with E-state index in [-0.39, 0.29) is 12.2 Å². The van der Waals surface area contributed by atoms with Crippen LogP contribution in [0, 0.1) is 0 Å². The number of ketones is 1. The number of benzene rings is 2. The SMILES string of the molecule is CCOC(=O)C(=CC(=O)c1ccccc1)OC(=O)c1ccccc1. The van der Waals surface area contributed by atoms with Gasteiger partial charge in [0.1, 0.15) is 0 Å². The fraction of sp³-hybridized carbons (Fsp3) is 0.105. The molecule has 5 heteroatoms. The van der Waals surface area contributed by atoms with Crippen molar-refractivity contribution in [3.05, 3.63) is 83.6 Å². The monoisotopic (exact) mass is 324 g/mol. The van der Waals surface area contributed by atoms with Crippen LogP contribution < -0.4 is 0 Å². The molecule has 0 aliphatic heterocycles. The lowest BCUT2D eigenvalue weighted by atomic mass is 10.1. The van der Waals surface area contributed by atoms with Crippen molar-refractivity contribution in [3.63, 3.8) is 0 Å². The van der Waals surface area contributed by atoms with Crippen molar-refractivity contribution in [2.24, 2.45) is 0 Å². The van der Waals surface area contributed by atoms with Gasteiger partial charge < -0.3 is 9.47 Å². The van der Waals surface area contributed by atoms with Crippen molar-refractivity contribution in [1.82, 2.24) is 0 Å². The minimum Gasteiger partial charge on any atom is -0.460 e. The summed E-state index contributed by atoms with van der Waals surface area (Å²) in [6, 6.07) is 16.5. The highest BCUT2D eigenvalue weighted by Crippen LogP contribution is 2.11. The first-order valence-electron chi connectivity index (χ1n) is 7.37. The van der Waals surface area contributed by atoms with Gasteiger partial charge >= 0.3 is 11.9 Å². The lowest BCUT2D eigenvalue weighted by Gasteiger charge is -2.08. The highest BCUT2D eigenvalue weighted by atomic mass is 16.6. The largest absolute Gasteiger partial charge is 0.460 e. The Morgan fingerprint density at radius 1 is 0.875 bits per heavy atom. The predicted octanol–water partition coefficient (Wildman–Crippen LogP) is 3.17. The van der Waals surface area contributed by atoms with Crippen molar-refractivity contribution in [2.75, 3.05) is 6.61 Å². The molecule has 0 bridgehead atoms. The number of carbonyl (C=O) groups is 3. The molecule has 0 saturated carbocycles. The van der Waals surface area contributed by atoms with E-state index in [1.807, 2.05) is 0 Å². The zero-order valence-electron chi connectivity index (χ0n) is 13.1. The Morgan fingerprint density at radius 2 is 1.42 bits per heavy atom. The summed E-state index contributed by atoms with van der Waals surface area (Å²) in [5, 5.41) is 0. The molecule has 5 nitrogen and oxygen atoms in total. The zero-order chi connectivity index (χ0) is 17.4. The molecule has 0 atom stereocenters. The fourth-order valence-corrected chi connectivity index (χ4v) is 1.87. The van der Waals surface area contributed by atoms with E-state index in [0.717, 1.165) is 6.08 Å². The van der Waals surface area contributed by atoms with Crippen LogP contribution >= 0.6 is 0 Å². The van der Waals surface area contributed by atoms with Crippen LogP contribution in [0.2, 0.25) is 0 Å². The number of esters is 2. The number of rotatable bonds is 6. The van der Waals surface area contributed by atoms with Gasteiger partial charge in [-0.25, -0.2) is 9.59 Å². The highest BCUT2D eigenvalue weighted by molar-refractivity contribution is 6.09. The molecule has 0 fully saturated rings. The maximum Gasteiger partial charge on any atom is 0.374 e. The quantitative estimate of drug-likeness (QED) is 0.353. The molecule has 0 aliphatic rings. The number of ether oxygens (including phenoxy) is 2. The van der Waals surface area contributed by atoms with Gasteiger partial charge in [0.2, 0.25) is 5.76 Å². The summed E-state index contributed by atoms with van der Waals surface area (Å²) < 4.78 is 9.91. The topological polar surface area (TPSA) is 69.7 Å². The summed E-state index contributed by atoms with van der Waals surface area (Å²) in [7, 11) is 0. The van der Waals surface area contributed by atoms with Gasteiger partial charge in [-0.05, 0) is 19.1 Å². The van der Waals surface area contributed by atoms with Crippen LogP contribution in [-0.4, -0.2) is 24.3 Å². The molecule has 0 aliphatic carbocycles. The standard InChI is InChI=1S/C19H16O5/c1-2-23-19(22)17(13-16(20)14-9-5-3-6-10-14)24-18(21)15-11-7-4-8-12-15/h3-13H,2H2,1H3. The molecule has 0 aromatic heterocycles. The molecule has 0 heterocycles. The highest BCUT2D eigenvalue weighted by Gasteiger charge is 2.20. The molecule has 0 N–H and O–H groups in total. The van der Waals surface area contributed by atoms with Crippen LogP contribution in [-0.2, 0) is 14.3 Å². The third-order valence-corrected chi connectivity index (χ3v) is 3.01. The first-order valence-corrected chi connectivity index (χ1v) is 7.37. The predicted molar refractivity (Wildman–Crippen MR) is 87.3 cm³/mol. The average molecular weight is 324 g/mol. The Kier molecular flexibility index (Phi) is 6.02. The average Bonchev–Trinajstić information content (AvgIpc) is 2.62. The smallest absolute Gasteiger partial charge is 0.374 e. The maximum atomic E-state index is 12.2. The zero-order valence-corrected chi connectivity index (χ0v) is 13.1. The minimum atomic E-state index is -0.869. The molecule has 2 aromatic rings. The molecule has 24 heavy (non-hydrogen) atoms. The summed E-state index contributed by atoms with van der Waals surface area (Å²) in [5.74, 6) is -2.51. The van der Waals surface area contributed by atoms with E-state index >= 15 is 0 Å². The molecule has 2 rings (SSSR count).